The number of fused-ring (bicyclic) bond motifs is 5. The predicted molar refractivity (Wildman–Crippen MR) is 178 cm³/mol. The van der Waals surface area contributed by atoms with Crippen molar-refractivity contribution in [3.05, 3.63) is 128 Å². The van der Waals surface area contributed by atoms with Crippen molar-refractivity contribution in [2.75, 3.05) is 0 Å². The largest absolute Gasteiger partial charge is 1.00 e. The van der Waals surface area contributed by atoms with E-state index in [0.717, 1.165) is 75.4 Å². The van der Waals surface area contributed by atoms with Crippen LogP contribution in [0.5, 0.6) is 11.5 Å². The average Bonchev–Trinajstić information content (AvgIpc) is 3.53. The van der Waals surface area contributed by atoms with Gasteiger partial charge in [-0.15, -0.1) is 11.3 Å². The van der Waals surface area contributed by atoms with Gasteiger partial charge < -0.3 is 10.2 Å². The number of H-pyrrole nitrogens is 2. The van der Waals surface area contributed by atoms with Gasteiger partial charge in [-0.1, -0.05) is 72.8 Å². The summed E-state index contributed by atoms with van der Waals surface area (Å²) in [7, 11) is 0. The Labute approximate surface area is 297 Å². The number of benzene rings is 6. The maximum absolute atomic E-state index is 12.9. The minimum atomic E-state index is -0.0461. The Balaban J connectivity index is 0.00000176. The monoisotopic (exact) mass is 611 g/mol. The van der Waals surface area contributed by atoms with E-state index in [-0.39, 0.29) is 49.2 Å². The molecular formula is C39H23Li2N3O2S+2. The Kier molecular flexibility index (Phi) is 8.02. The molecule has 0 amide bonds. The molecule has 9 rings (SSSR count). The topological polar surface area (TPSA) is 87.3 Å². The number of hydrogen-bond acceptors (Lipinski definition) is 4. The van der Waals surface area contributed by atoms with E-state index >= 15 is 0 Å². The fourth-order valence-corrected chi connectivity index (χ4v) is 7.68. The average molecular weight is 612 g/mol. The number of rotatable bonds is 3. The van der Waals surface area contributed by atoms with Crippen molar-refractivity contribution in [1.29, 1.82) is 0 Å². The van der Waals surface area contributed by atoms with Crippen LogP contribution in [0.15, 0.2) is 128 Å². The summed E-state index contributed by atoms with van der Waals surface area (Å²) in [6.07, 6.45) is 3.58. The maximum Gasteiger partial charge on any atom is 1.00 e. The van der Waals surface area contributed by atoms with Crippen LogP contribution in [0.3, 0.4) is 0 Å². The van der Waals surface area contributed by atoms with Crippen molar-refractivity contribution in [3.8, 4) is 44.3 Å². The number of pyridine rings is 2. The third kappa shape index (κ3) is 4.90. The van der Waals surface area contributed by atoms with Gasteiger partial charge in [0, 0.05) is 17.7 Å². The molecule has 47 heavy (non-hydrogen) atoms. The number of aromatic amines is 2. The second-order valence-corrected chi connectivity index (χ2v) is 12.2. The molecule has 8 heteroatoms. The molecule has 0 spiro atoms. The molecule has 0 atom stereocenters. The second-order valence-electron chi connectivity index (χ2n) is 11.2. The molecule has 0 radical (unpaired) electrons. The van der Waals surface area contributed by atoms with Crippen LogP contribution in [0, 0.1) is 0 Å². The normalized spacial score (nSPS) is 11.2. The fraction of sp³-hybridized carbons (Fsp3) is 0. The first kappa shape index (κ1) is 31.0. The number of thiazole rings is 1. The molecule has 5 nitrogen and oxygen atoms in total. The second kappa shape index (κ2) is 12.2. The Morgan fingerprint density at radius 1 is 0.511 bits per heavy atom. The zero-order chi connectivity index (χ0) is 30.1. The molecular weight excluding hydrogens is 588 g/mol. The molecule has 0 aliphatic heterocycles. The molecule has 0 bridgehead atoms. The minimum absolute atomic E-state index is 0. The van der Waals surface area contributed by atoms with E-state index in [2.05, 4.69) is 58.5 Å². The number of para-hydroxylation sites is 1. The SMILES string of the molecule is [Li+].[Li+].[O-]c1ccc(-c2c3ccccc3c(-c3ccc([O-])c4[nH+]cccc34)c3cc(-c4nc5ccccc5s4)ccc23)c2ccc[nH+]c12. The summed E-state index contributed by atoms with van der Waals surface area (Å²) >= 11 is 1.68. The van der Waals surface area contributed by atoms with Crippen molar-refractivity contribution in [1.82, 2.24) is 4.98 Å². The van der Waals surface area contributed by atoms with Crippen LogP contribution in [0.2, 0.25) is 0 Å². The molecule has 3 heterocycles. The summed E-state index contributed by atoms with van der Waals surface area (Å²) < 4.78 is 1.14. The van der Waals surface area contributed by atoms with Crippen LogP contribution in [0.4, 0.5) is 0 Å². The van der Waals surface area contributed by atoms with Crippen LogP contribution in [0.1, 0.15) is 0 Å². The summed E-state index contributed by atoms with van der Waals surface area (Å²) in [4.78, 5) is 11.3. The first-order valence-electron chi connectivity index (χ1n) is 14.7. The molecule has 2 N–H and O–H groups in total. The van der Waals surface area contributed by atoms with Gasteiger partial charge in [-0.05, 0) is 85.6 Å². The molecule has 3 aromatic heterocycles. The standard InChI is InChI=1S/C39H23N3O2S.2Li/c43-32-17-15-25(28-9-5-19-40-37(28)32)35-23-7-1-2-8-24(23)36(26-16-18-33(44)38-29(26)10-6-20-41-38)30-21-22(13-14-27(30)35)39-42-31-11-3-4-12-34(31)45-39;;/h1-21,43-44H;;/q;2*+1. The van der Waals surface area contributed by atoms with Crippen molar-refractivity contribution in [2.45, 2.75) is 0 Å². The predicted octanol–water partition coefficient (Wildman–Crippen LogP) is 1.69. The first-order valence-corrected chi connectivity index (χ1v) is 15.5. The van der Waals surface area contributed by atoms with Gasteiger partial charge in [0.1, 0.15) is 5.01 Å². The molecule has 212 valence electrons. The smallest absolute Gasteiger partial charge is 0.868 e. The molecule has 6 aromatic carbocycles. The molecule has 0 saturated carbocycles. The van der Waals surface area contributed by atoms with Gasteiger partial charge in [-0.3, -0.25) is 0 Å². The van der Waals surface area contributed by atoms with Crippen LogP contribution < -0.4 is 57.9 Å². The Morgan fingerprint density at radius 2 is 1.04 bits per heavy atom. The van der Waals surface area contributed by atoms with E-state index in [1.54, 1.807) is 35.9 Å². The van der Waals surface area contributed by atoms with E-state index in [0.29, 0.717) is 11.0 Å². The van der Waals surface area contributed by atoms with Gasteiger partial charge in [-0.2, -0.15) is 0 Å². The summed E-state index contributed by atoms with van der Waals surface area (Å²) in [6, 6.07) is 38.2. The van der Waals surface area contributed by atoms with E-state index in [1.807, 2.05) is 54.6 Å². The molecule has 0 saturated heterocycles. The molecule has 9 aromatic rings. The molecule has 0 aliphatic rings. The van der Waals surface area contributed by atoms with Crippen molar-refractivity contribution in [3.63, 3.8) is 0 Å². The quantitative estimate of drug-likeness (QED) is 0.225. The van der Waals surface area contributed by atoms with Crippen molar-refractivity contribution < 1.29 is 57.9 Å². The number of aromatic nitrogens is 3. The zero-order valence-electron chi connectivity index (χ0n) is 25.8. The van der Waals surface area contributed by atoms with Gasteiger partial charge in [0.25, 0.3) is 0 Å². The number of nitrogens with zero attached hydrogens (tertiary/aromatic N) is 1. The summed E-state index contributed by atoms with van der Waals surface area (Å²) in [6.45, 7) is 0. The zero-order valence-corrected chi connectivity index (χ0v) is 26.6. The number of hydrogen-bond donors (Lipinski definition) is 0. The van der Waals surface area contributed by atoms with Gasteiger partial charge >= 0.3 is 37.7 Å². The van der Waals surface area contributed by atoms with Crippen molar-refractivity contribution in [2.24, 2.45) is 0 Å². The van der Waals surface area contributed by atoms with Crippen LogP contribution >= 0.6 is 11.3 Å². The number of nitrogens with one attached hydrogen (secondary N) is 2. The maximum atomic E-state index is 12.9. The van der Waals surface area contributed by atoms with E-state index in [1.165, 1.54) is 0 Å². The van der Waals surface area contributed by atoms with E-state index in [4.69, 9.17) is 4.98 Å². The Bertz CT molecular complexity index is 2620. The molecule has 0 aliphatic carbocycles. The van der Waals surface area contributed by atoms with E-state index in [9.17, 15) is 10.2 Å². The Morgan fingerprint density at radius 3 is 1.66 bits per heavy atom. The summed E-state index contributed by atoms with van der Waals surface area (Å²) in [5, 5.41) is 32.7. The fourth-order valence-electron chi connectivity index (χ4n) is 6.72. The van der Waals surface area contributed by atoms with Gasteiger partial charge in [-0.25, -0.2) is 15.0 Å². The minimum Gasteiger partial charge on any atom is -0.868 e. The third-order valence-corrected chi connectivity index (χ3v) is 9.78. The first-order chi connectivity index (χ1) is 22.2. The summed E-state index contributed by atoms with van der Waals surface area (Å²) in [5.41, 5.74) is 7.22. The van der Waals surface area contributed by atoms with Crippen LogP contribution in [-0.4, -0.2) is 4.98 Å². The summed E-state index contributed by atoms with van der Waals surface area (Å²) in [5.74, 6) is -0.0895. The molecule has 0 fully saturated rings. The van der Waals surface area contributed by atoms with E-state index < -0.39 is 0 Å². The van der Waals surface area contributed by atoms with Gasteiger partial charge in [0.05, 0.1) is 21.0 Å². The van der Waals surface area contributed by atoms with Gasteiger partial charge in [0.15, 0.2) is 12.4 Å². The Hall–Kier alpha value is -4.66. The van der Waals surface area contributed by atoms with Crippen LogP contribution in [-0.2, 0) is 0 Å². The van der Waals surface area contributed by atoms with Crippen molar-refractivity contribution >= 4 is 64.9 Å². The van der Waals surface area contributed by atoms with Gasteiger partial charge in [0.2, 0.25) is 11.0 Å². The third-order valence-electron chi connectivity index (χ3n) is 8.69. The molecule has 0 unspecified atom stereocenters. The van der Waals surface area contributed by atoms with Crippen LogP contribution in [0.25, 0.3) is 86.4 Å².